The van der Waals surface area contributed by atoms with Crippen molar-refractivity contribution < 1.29 is 14.6 Å². The molecule has 1 aromatic rings. The lowest BCUT2D eigenvalue weighted by Crippen LogP contribution is -2.38. The highest BCUT2D eigenvalue weighted by atomic mass is 16.5. The zero-order chi connectivity index (χ0) is 15.2. The average Bonchev–Trinajstić information content (AvgIpc) is 2.71. The van der Waals surface area contributed by atoms with Crippen LogP contribution in [-0.4, -0.2) is 67.8 Å². The van der Waals surface area contributed by atoms with E-state index in [1.807, 2.05) is 19.0 Å². The van der Waals surface area contributed by atoms with Crippen molar-refractivity contribution in [2.45, 2.75) is 6.61 Å². The van der Waals surface area contributed by atoms with Crippen molar-refractivity contribution in [3.8, 4) is 0 Å². The Kier molecular flexibility index (Phi) is 5.73. The van der Waals surface area contributed by atoms with Crippen molar-refractivity contribution >= 4 is 5.91 Å². The molecule has 1 fully saturated rings. The van der Waals surface area contributed by atoms with Gasteiger partial charge in [-0.15, -0.1) is 0 Å². The summed E-state index contributed by atoms with van der Waals surface area (Å²) in [6.45, 7) is 3.54. The van der Waals surface area contributed by atoms with Gasteiger partial charge in [0.05, 0.1) is 19.8 Å². The number of aliphatic hydroxyl groups is 1. The van der Waals surface area contributed by atoms with E-state index in [1.165, 1.54) is 0 Å². The number of hydrogen-bond donors (Lipinski definition) is 1. The number of rotatable bonds is 4. The molecular weight excluding hydrogens is 268 g/mol. The molecule has 0 spiro atoms. The lowest BCUT2D eigenvalue weighted by atomic mass is 10.1. The summed E-state index contributed by atoms with van der Waals surface area (Å²) in [5, 5.41) is 9.06. The zero-order valence-corrected chi connectivity index (χ0v) is 12.8. The van der Waals surface area contributed by atoms with Gasteiger partial charge in [-0.05, 0) is 31.8 Å². The summed E-state index contributed by atoms with van der Waals surface area (Å²) in [5.74, 6) is 0.372. The molecule has 116 valence electrons. The molecule has 0 radical (unpaired) electrons. The van der Waals surface area contributed by atoms with Gasteiger partial charge in [-0.3, -0.25) is 4.79 Å². The van der Waals surface area contributed by atoms with Crippen LogP contribution in [0.1, 0.15) is 15.9 Å². The topological polar surface area (TPSA) is 53.0 Å². The van der Waals surface area contributed by atoms with E-state index < -0.39 is 0 Å². The number of aliphatic hydroxyl groups excluding tert-OH is 1. The maximum Gasteiger partial charge on any atom is 0.253 e. The lowest BCUT2D eigenvalue weighted by Gasteiger charge is -2.25. The molecule has 1 unspecified atom stereocenters. The van der Waals surface area contributed by atoms with Gasteiger partial charge >= 0.3 is 0 Å². The quantitative estimate of drug-likeness (QED) is 0.893. The molecule has 0 saturated carbocycles. The maximum atomic E-state index is 12.6. The fourth-order valence-corrected chi connectivity index (χ4v) is 2.63. The number of carbonyl (C=O) groups excluding carboxylic acids is 1. The van der Waals surface area contributed by atoms with Crippen molar-refractivity contribution in [2.24, 2.45) is 5.92 Å². The highest BCUT2D eigenvalue weighted by molar-refractivity contribution is 5.94. The molecule has 0 aromatic heterocycles. The molecule has 0 bridgehead atoms. The number of carbonyl (C=O) groups is 1. The normalized spacial score (nSPS) is 19.6. The molecule has 1 N–H and O–H groups in total. The third kappa shape index (κ3) is 4.52. The summed E-state index contributed by atoms with van der Waals surface area (Å²) in [4.78, 5) is 16.6. The molecule has 2 rings (SSSR count). The molecule has 5 heteroatoms. The summed E-state index contributed by atoms with van der Waals surface area (Å²) in [7, 11) is 4.06. The van der Waals surface area contributed by atoms with Crippen molar-refractivity contribution in [1.82, 2.24) is 9.80 Å². The van der Waals surface area contributed by atoms with Gasteiger partial charge in [0.25, 0.3) is 5.91 Å². The van der Waals surface area contributed by atoms with Gasteiger partial charge in [0.2, 0.25) is 0 Å². The number of nitrogens with zero attached hydrogens (tertiary/aromatic N) is 2. The van der Waals surface area contributed by atoms with Gasteiger partial charge in [0, 0.05) is 31.1 Å². The zero-order valence-electron chi connectivity index (χ0n) is 12.8. The molecule has 1 heterocycles. The number of ether oxygens (including phenoxy) is 1. The summed E-state index contributed by atoms with van der Waals surface area (Å²) < 4.78 is 5.61. The number of benzene rings is 1. The average molecular weight is 292 g/mol. The molecule has 1 saturated heterocycles. The second-order valence-electron chi connectivity index (χ2n) is 5.81. The Morgan fingerprint density at radius 1 is 1.38 bits per heavy atom. The fraction of sp³-hybridized carbons (Fsp3) is 0.562. The molecule has 1 aliphatic heterocycles. The molecule has 1 aromatic carbocycles. The van der Waals surface area contributed by atoms with Crippen LogP contribution in [0.25, 0.3) is 0 Å². The van der Waals surface area contributed by atoms with Gasteiger partial charge in [0.1, 0.15) is 0 Å². The van der Waals surface area contributed by atoms with E-state index in [9.17, 15) is 4.79 Å². The number of amides is 1. The SMILES string of the molecule is CN(C)CC1COCCN(C(=O)c2ccc(CO)cc2)C1. The van der Waals surface area contributed by atoms with Gasteiger partial charge in [0.15, 0.2) is 0 Å². The van der Waals surface area contributed by atoms with Crippen LogP contribution in [0.5, 0.6) is 0 Å². The predicted molar refractivity (Wildman–Crippen MR) is 81.1 cm³/mol. The van der Waals surface area contributed by atoms with Gasteiger partial charge in [-0.2, -0.15) is 0 Å². The van der Waals surface area contributed by atoms with Gasteiger partial charge in [-0.25, -0.2) is 0 Å². The van der Waals surface area contributed by atoms with Crippen LogP contribution in [-0.2, 0) is 11.3 Å². The van der Waals surface area contributed by atoms with E-state index >= 15 is 0 Å². The lowest BCUT2D eigenvalue weighted by molar-refractivity contribution is 0.0735. The second-order valence-corrected chi connectivity index (χ2v) is 5.81. The summed E-state index contributed by atoms with van der Waals surface area (Å²) in [6, 6.07) is 7.14. The molecule has 5 nitrogen and oxygen atoms in total. The highest BCUT2D eigenvalue weighted by Crippen LogP contribution is 2.13. The Morgan fingerprint density at radius 2 is 2.10 bits per heavy atom. The maximum absolute atomic E-state index is 12.6. The summed E-state index contributed by atoms with van der Waals surface area (Å²) >= 11 is 0. The molecule has 0 aliphatic carbocycles. The predicted octanol–water partition coefficient (Wildman–Crippen LogP) is 0.829. The van der Waals surface area contributed by atoms with Crippen LogP contribution in [0, 0.1) is 5.92 Å². The van der Waals surface area contributed by atoms with Gasteiger partial charge < -0.3 is 19.6 Å². The van der Waals surface area contributed by atoms with Crippen LogP contribution in [0.4, 0.5) is 0 Å². The monoisotopic (exact) mass is 292 g/mol. The highest BCUT2D eigenvalue weighted by Gasteiger charge is 2.23. The van der Waals surface area contributed by atoms with Crippen LogP contribution in [0.3, 0.4) is 0 Å². The van der Waals surface area contributed by atoms with Crippen LogP contribution < -0.4 is 0 Å². The first-order valence-electron chi connectivity index (χ1n) is 7.31. The second kappa shape index (κ2) is 7.54. The van der Waals surface area contributed by atoms with E-state index in [0.717, 1.165) is 18.7 Å². The van der Waals surface area contributed by atoms with Crippen LogP contribution >= 0.6 is 0 Å². The Bertz CT molecular complexity index is 459. The smallest absolute Gasteiger partial charge is 0.253 e. The van der Waals surface area contributed by atoms with Crippen molar-refractivity contribution in [2.75, 3.05) is 46.9 Å². The van der Waals surface area contributed by atoms with Gasteiger partial charge in [-0.1, -0.05) is 12.1 Å². The standard InChI is InChI=1S/C16H24N2O3/c1-17(2)9-14-10-18(7-8-21-12-14)16(20)15-5-3-13(11-19)4-6-15/h3-6,14,19H,7-12H2,1-2H3. The van der Waals surface area contributed by atoms with E-state index in [4.69, 9.17) is 9.84 Å². The van der Waals surface area contributed by atoms with Crippen molar-refractivity contribution in [3.63, 3.8) is 0 Å². The minimum absolute atomic E-state index is 0.00304. The third-order valence-corrected chi connectivity index (χ3v) is 3.63. The van der Waals surface area contributed by atoms with Crippen LogP contribution in [0.2, 0.25) is 0 Å². The molecule has 1 atom stereocenters. The minimum atomic E-state index is -0.00304. The Labute approximate surface area is 126 Å². The third-order valence-electron chi connectivity index (χ3n) is 3.63. The Hall–Kier alpha value is -1.43. The molecule has 1 amide bonds. The first kappa shape index (κ1) is 15.9. The van der Waals surface area contributed by atoms with E-state index in [0.29, 0.717) is 31.2 Å². The summed E-state index contributed by atoms with van der Waals surface area (Å²) in [5.41, 5.74) is 1.48. The number of hydrogen-bond acceptors (Lipinski definition) is 4. The van der Waals surface area contributed by atoms with Crippen molar-refractivity contribution in [3.05, 3.63) is 35.4 Å². The Morgan fingerprint density at radius 3 is 2.71 bits per heavy atom. The fourth-order valence-electron chi connectivity index (χ4n) is 2.63. The molecular formula is C16H24N2O3. The van der Waals surface area contributed by atoms with Crippen molar-refractivity contribution in [1.29, 1.82) is 0 Å². The Balaban J connectivity index is 2.05. The first-order valence-corrected chi connectivity index (χ1v) is 7.31. The first-order chi connectivity index (χ1) is 10.1. The van der Waals surface area contributed by atoms with E-state index in [1.54, 1.807) is 24.3 Å². The summed E-state index contributed by atoms with van der Waals surface area (Å²) in [6.07, 6.45) is 0. The largest absolute Gasteiger partial charge is 0.392 e. The van der Waals surface area contributed by atoms with E-state index in [2.05, 4.69) is 4.90 Å². The van der Waals surface area contributed by atoms with Crippen LogP contribution in [0.15, 0.2) is 24.3 Å². The molecule has 1 aliphatic rings. The minimum Gasteiger partial charge on any atom is -0.392 e. The van der Waals surface area contributed by atoms with E-state index in [-0.39, 0.29) is 12.5 Å². The molecule has 21 heavy (non-hydrogen) atoms.